The summed E-state index contributed by atoms with van der Waals surface area (Å²) in [5.74, 6) is 0. The number of phosphoric acid groups is 1. The highest BCUT2D eigenvalue weighted by Crippen LogP contribution is 2.33. The van der Waals surface area contributed by atoms with Crippen LogP contribution >= 0.6 is 7.82 Å². The van der Waals surface area contributed by atoms with Crippen molar-refractivity contribution in [1.29, 1.82) is 0 Å². The Morgan fingerprint density at radius 1 is 1.43 bits per heavy atom. The van der Waals surface area contributed by atoms with Gasteiger partial charge in [-0.3, -0.25) is 0 Å². The van der Waals surface area contributed by atoms with Gasteiger partial charge >= 0.3 is 0 Å². The standard InChI is InChI=1S/C5H10FO7P/c6-1-2-3(7)4(8)5(12-2)13-14(9,10)11/h2-5,7-8H,1H2,(H2,9,10,11)/p-2/t2-,3-,4-,5-/m1/s1. The molecular weight excluding hydrogens is 222 g/mol. The van der Waals surface area contributed by atoms with Gasteiger partial charge in [0.15, 0.2) is 6.29 Å². The third-order valence-electron chi connectivity index (χ3n) is 1.70. The van der Waals surface area contributed by atoms with Crippen molar-refractivity contribution < 1.29 is 38.2 Å². The Morgan fingerprint density at radius 3 is 2.36 bits per heavy atom. The molecular formula is C5H8FO7P-2. The number of halogens is 1. The van der Waals surface area contributed by atoms with E-state index in [2.05, 4.69) is 9.26 Å². The molecule has 1 aliphatic heterocycles. The van der Waals surface area contributed by atoms with Crippen LogP contribution in [0.1, 0.15) is 0 Å². The summed E-state index contributed by atoms with van der Waals surface area (Å²) in [5.41, 5.74) is 0. The van der Waals surface area contributed by atoms with E-state index in [-0.39, 0.29) is 0 Å². The molecule has 1 fully saturated rings. The van der Waals surface area contributed by atoms with Crippen LogP contribution in [0.2, 0.25) is 0 Å². The first-order valence-electron chi connectivity index (χ1n) is 3.63. The third-order valence-corrected chi connectivity index (χ3v) is 2.17. The monoisotopic (exact) mass is 230 g/mol. The Bertz CT molecular complexity index is 242. The van der Waals surface area contributed by atoms with Crippen LogP contribution in [0, 0.1) is 0 Å². The maximum absolute atomic E-state index is 12.1. The van der Waals surface area contributed by atoms with Crippen LogP contribution in [0.15, 0.2) is 0 Å². The summed E-state index contributed by atoms with van der Waals surface area (Å²) >= 11 is 0. The molecule has 84 valence electrons. The first kappa shape index (κ1) is 12.0. The van der Waals surface area contributed by atoms with Crippen LogP contribution in [-0.4, -0.2) is 41.5 Å². The van der Waals surface area contributed by atoms with E-state index >= 15 is 0 Å². The van der Waals surface area contributed by atoms with Crippen molar-refractivity contribution in [3.05, 3.63) is 0 Å². The van der Waals surface area contributed by atoms with Gasteiger partial charge in [-0.05, 0) is 0 Å². The van der Waals surface area contributed by atoms with E-state index in [1.807, 2.05) is 0 Å². The predicted molar refractivity (Wildman–Crippen MR) is 35.3 cm³/mol. The van der Waals surface area contributed by atoms with Crippen molar-refractivity contribution in [1.82, 2.24) is 0 Å². The lowest BCUT2D eigenvalue weighted by atomic mass is 10.1. The fourth-order valence-electron chi connectivity index (χ4n) is 1.06. The SMILES string of the molecule is O=P([O-])([O-])O[C@H]1O[C@H](CF)[C@@H](O)[C@H]1O. The summed E-state index contributed by atoms with van der Waals surface area (Å²) in [6.07, 6.45) is -6.60. The summed E-state index contributed by atoms with van der Waals surface area (Å²) in [6.45, 7) is -1.12. The Kier molecular flexibility index (Phi) is 3.59. The lowest BCUT2D eigenvalue weighted by molar-refractivity contribution is -0.354. The topological polar surface area (TPSA) is 122 Å². The zero-order valence-electron chi connectivity index (χ0n) is 6.78. The number of ether oxygens (including phenoxy) is 1. The van der Waals surface area contributed by atoms with E-state index in [0.29, 0.717) is 0 Å². The van der Waals surface area contributed by atoms with Crippen molar-refractivity contribution in [3.8, 4) is 0 Å². The van der Waals surface area contributed by atoms with Crippen LogP contribution in [0.5, 0.6) is 0 Å². The van der Waals surface area contributed by atoms with Gasteiger partial charge in [0.05, 0.1) is 7.82 Å². The molecule has 0 amide bonds. The molecule has 0 spiro atoms. The van der Waals surface area contributed by atoms with Gasteiger partial charge in [-0.25, -0.2) is 4.39 Å². The number of alkyl halides is 1. The zero-order chi connectivity index (χ0) is 10.9. The van der Waals surface area contributed by atoms with Crippen LogP contribution in [0.25, 0.3) is 0 Å². The molecule has 4 atom stereocenters. The minimum absolute atomic E-state index is 1.12. The van der Waals surface area contributed by atoms with Gasteiger partial charge in [0.25, 0.3) is 0 Å². The minimum atomic E-state index is -5.33. The second-order valence-electron chi connectivity index (χ2n) is 2.73. The third kappa shape index (κ3) is 2.71. The summed E-state index contributed by atoms with van der Waals surface area (Å²) in [7, 11) is -5.33. The van der Waals surface area contributed by atoms with Gasteiger partial charge in [-0.15, -0.1) is 0 Å². The van der Waals surface area contributed by atoms with Gasteiger partial charge in [0, 0.05) is 0 Å². The average molecular weight is 230 g/mol. The number of hydrogen-bond donors (Lipinski definition) is 2. The molecule has 1 saturated heterocycles. The highest BCUT2D eigenvalue weighted by Gasteiger charge is 2.43. The van der Waals surface area contributed by atoms with Crippen molar-refractivity contribution in [3.63, 3.8) is 0 Å². The molecule has 0 aromatic rings. The molecule has 14 heavy (non-hydrogen) atoms. The lowest BCUT2D eigenvalue weighted by Gasteiger charge is -2.32. The van der Waals surface area contributed by atoms with Crippen molar-refractivity contribution in [2.24, 2.45) is 0 Å². The minimum Gasteiger partial charge on any atom is -0.790 e. The Labute approximate surface area is 78.3 Å². The molecule has 0 aliphatic carbocycles. The summed E-state index contributed by atoms with van der Waals surface area (Å²) in [5, 5.41) is 18.1. The predicted octanol–water partition coefficient (Wildman–Crippen LogP) is -2.75. The first-order chi connectivity index (χ1) is 6.35. The van der Waals surface area contributed by atoms with E-state index in [1.54, 1.807) is 0 Å². The Hall–Kier alpha value is -0.0800. The smallest absolute Gasteiger partial charge is 0.191 e. The van der Waals surface area contributed by atoms with E-state index in [0.717, 1.165) is 0 Å². The molecule has 1 aliphatic rings. The molecule has 0 aromatic carbocycles. The number of hydrogen-bond acceptors (Lipinski definition) is 7. The van der Waals surface area contributed by atoms with Crippen LogP contribution in [-0.2, 0) is 13.8 Å². The Balaban J connectivity index is 2.61. The first-order valence-corrected chi connectivity index (χ1v) is 5.09. The average Bonchev–Trinajstić information content (AvgIpc) is 2.30. The molecule has 0 bridgehead atoms. The molecule has 9 heteroatoms. The summed E-state index contributed by atoms with van der Waals surface area (Å²) in [6, 6.07) is 0. The fourth-order valence-corrected chi connectivity index (χ4v) is 1.49. The number of aliphatic hydroxyl groups is 2. The lowest BCUT2D eigenvalue weighted by Crippen LogP contribution is -2.35. The van der Waals surface area contributed by atoms with Gasteiger partial charge in [-0.1, -0.05) is 0 Å². The molecule has 0 radical (unpaired) electrons. The molecule has 7 nitrogen and oxygen atoms in total. The second kappa shape index (κ2) is 4.19. The molecule has 0 aromatic heterocycles. The number of aliphatic hydroxyl groups excluding tert-OH is 2. The van der Waals surface area contributed by atoms with E-state index < -0.39 is 39.1 Å². The van der Waals surface area contributed by atoms with Crippen LogP contribution in [0.3, 0.4) is 0 Å². The number of phosphoric ester groups is 1. The normalized spacial score (nSPS) is 38.9. The maximum Gasteiger partial charge on any atom is 0.191 e. The quantitative estimate of drug-likeness (QED) is 0.504. The Morgan fingerprint density at radius 2 is 2.00 bits per heavy atom. The van der Waals surface area contributed by atoms with E-state index in [4.69, 9.17) is 10.2 Å². The molecule has 1 heterocycles. The number of rotatable bonds is 3. The van der Waals surface area contributed by atoms with Crippen molar-refractivity contribution >= 4 is 7.82 Å². The van der Waals surface area contributed by atoms with Gasteiger partial charge < -0.3 is 33.8 Å². The highest BCUT2D eigenvalue weighted by atomic mass is 31.2. The van der Waals surface area contributed by atoms with Crippen LogP contribution < -0.4 is 9.79 Å². The molecule has 1 rings (SSSR count). The zero-order valence-corrected chi connectivity index (χ0v) is 7.67. The fraction of sp³-hybridized carbons (Fsp3) is 1.00. The van der Waals surface area contributed by atoms with Gasteiger partial charge in [-0.2, -0.15) is 0 Å². The summed E-state index contributed by atoms with van der Waals surface area (Å²) in [4.78, 5) is 20.2. The van der Waals surface area contributed by atoms with Gasteiger partial charge in [0.2, 0.25) is 0 Å². The summed E-state index contributed by atoms with van der Waals surface area (Å²) < 4.78 is 30.4. The largest absolute Gasteiger partial charge is 0.790 e. The van der Waals surface area contributed by atoms with Gasteiger partial charge in [0.1, 0.15) is 25.0 Å². The molecule has 2 N–H and O–H groups in total. The van der Waals surface area contributed by atoms with Crippen molar-refractivity contribution in [2.75, 3.05) is 6.67 Å². The molecule has 0 saturated carbocycles. The van der Waals surface area contributed by atoms with Crippen LogP contribution in [0.4, 0.5) is 4.39 Å². The van der Waals surface area contributed by atoms with Crippen molar-refractivity contribution in [2.45, 2.75) is 24.6 Å². The van der Waals surface area contributed by atoms with E-state index in [1.165, 1.54) is 0 Å². The maximum atomic E-state index is 12.1. The molecule has 0 unspecified atom stereocenters. The van der Waals surface area contributed by atoms with E-state index in [9.17, 15) is 18.7 Å². The second-order valence-corrected chi connectivity index (χ2v) is 3.84. The highest BCUT2D eigenvalue weighted by molar-refractivity contribution is 7.43.